The van der Waals surface area contributed by atoms with Crippen LogP contribution < -0.4 is 10.1 Å². The fourth-order valence-corrected chi connectivity index (χ4v) is 4.15. The second-order valence-electron chi connectivity index (χ2n) is 6.41. The SMILES string of the molecule is COc1ccccc1C=C1SC(=S)N(CCC(=O)Nc2ccc(C(=O)O)c(O)c2)C1=O. The number of hydrogen-bond acceptors (Lipinski definition) is 7. The first kappa shape index (κ1) is 22.3. The van der Waals surface area contributed by atoms with Crippen LogP contribution in [0.25, 0.3) is 6.08 Å². The largest absolute Gasteiger partial charge is 0.507 e. The molecule has 0 aliphatic carbocycles. The fraction of sp³-hybridized carbons (Fsp3) is 0.143. The summed E-state index contributed by atoms with van der Waals surface area (Å²) < 4.78 is 5.64. The van der Waals surface area contributed by atoms with E-state index in [1.807, 2.05) is 18.2 Å². The first-order chi connectivity index (χ1) is 14.8. The van der Waals surface area contributed by atoms with Gasteiger partial charge < -0.3 is 20.3 Å². The van der Waals surface area contributed by atoms with Gasteiger partial charge in [0.2, 0.25) is 5.91 Å². The quantitative estimate of drug-likeness (QED) is 0.427. The number of anilines is 1. The van der Waals surface area contributed by atoms with Gasteiger partial charge in [-0.05, 0) is 24.3 Å². The van der Waals surface area contributed by atoms with Crippen LogP contribution in [0.2, 0.25) is 0 Å². The van der Waals surface area contributed by atoms with Gasteiger partial charge in [-0.25, -0.2) is 4.79 Å². The number of para-hydroxylation sites is 1. The lowest BCUT2D eigenvalue weighted by atomic mass is 10.2. The lowest BCUT2D eigenvalue weighted by Gasteiger charge is -2.14. The molecule has 2 aromatic carbocycles. The van der Waals surface area contributed by atoms with Crippen LogP contribution in [0.1, 0.15) is 22.3 Å². The van der Waals surface area contributed by atoms with Crippen LogP contribution in [0.3, 0.4) is 0 Å². The summed E-state index contributed by atoms with van der Waals surface area (Å²) in [4.78, 5) is 37.7. The number of carbonyl (C=O) groups is 3. The van der Waals surface area contributed by atoms with E-state index in [9.17, 15) is 19.5 Å². The number of methoxy groups -OCH3 is 1. The molecule has 10 heteroatoms. The maximum atomic E-state index is 12.7. The molecular weight excluding hydrogens is 440 g/mol. The monoisotopic (exact) mass is 458 g/mol. The van der Waals surface area contributed by atoms with E-state index in [1.165, 1.54) is 17.0 Å². The first-order valence-electron chi connectivity index (χ1n) is 9.04. The molecule has 0 radical (unpaired) electrons. The van der Waals surface area contributed by atoms with E-state index in [-0.39, 0.29) is 30.1 Å². The van der Waals surface area contributed by atoms with Gasteiger partial charge in [0.1, 0.15) is 21.4 Å². The average Bonchev–Trinajstić information content (AvgIpc) is 2.99. The van der Waals surface area contributed by atoms with Crippen molar-refractivity contribution in [3.63, 3.8) is 0 Å². The van der Waals surface area contributed by atoms with Crippen molar-refractivity contribution >= 4 is 57.8 Å². The molecule has 160 valence electrons. The molecule has 1 aliphatic heterocycles. The standard InChI is InChI=1S/C21H18N2O6S2/c1-29-16-5-3-2-4-12(16)10-17-19(26)23(21(30)31-17)9-8-18(25)22-13-6-7-14(20(27)28)15(24)11-13/h2-7,10-11,24H,8-9H2,1H3,(H,22,25)(H,27,28). The Bertz CT molecular complexity index is 1100. The van der Waals surface area contributed by atoms with Gasteiger partial charge in [0.15, 0.2) is 0 Å². The predicted octanol–water partition coefficient (Wildman–Crippen LogP) is 3.33. The number of nitrogens with zero attached hydrogens (tertiary/aromatic N) is 1. The Morgan fingerprint density at radius 3 is 2.68 bits per heavy atom. The Morgan fingerprint density at radius 1 is 1.26 bits per heavy atom. The van der Waals surface area contributed by atoms with Crippen molar-refractivity contribution in [1.82, 2.24) is 4.90 Å². The second-order valence-corrected chi connectivity index (χ2v) is 8.09. The smallest absolute Gasteiger partial charge is 0.339 e. The van der Waals surface area contributed by atoms with Crippen LogP contribution in [-0.4, -0.2) is 50.9 Å². The average molecular weight is 459 g/mol. The summed E-state index contributed by atoms with van der Waals surface area (Å²) in [6, 6.07) is 11.0. The molecule has 1 aliphatic rings. The molecule has 0 bridgehead atoms. The predicted molar refractivity (Wildman–Crippen MR) is 121 cm³/mol. The van der Waals surface area contributed by atoms with Gasteiger partial charge in [-0.2, -0.15) is 0 Å². The number of phenols is 1. The number of carboxylic acid groups (broad SMARTS) is 1. The number of amides is 2. The summed E-state index contributed by atoms with van der Waals surface area (Å²) >= 11 is 6.44. The third kappa shape index (κ3) is 5.22. The highest BCUT2D eigenvalue weighted by Gasteiger charge is 2.32. The molecule has 2 aromatic rings. The third-order valence-electron chi connectivity index (χ3n) is 4.37. The van der Waals surface area contributed by atoms with Crippen LogP contribution in [0, 0.1) is 0 Å². The summed E-state index contributed by atoms with van der Waals surface area (Å²) in [6.45, 7) is 0.0823. The van der Waals surface area contributed by atoms with E-state index in [0.29, 0.717) is 15.0 Å². The zero-order valence-corrected chi connectivity index (χ0v) is 18.0. The van der Waals surface area contributed by atoms with Crippen molar-refractivity contribution in [1.29, 1.82) is 0 Å². The van der Waals surface area contributed by atoms with E-state index < -0.39 is 17.6 Å². The number of rotatable bonds is 7. The van der Waals surface area contributed by atoms with Crippen LogP contribution in [-0.2, 0) is 9.59 Å². The summed E-state index contributed by atoms with van der Waals surface area (Å²) in [6.07, 6.45) is 1.67. The lowest BCUT2D eigenvalue weighted by Crippen LogP contribution is -2.31. The molecule has 1 heterocycles. The summed E-state index contributed by atoms with van der Waals surface area (Å²) in [7, 11) is 1.55. The van der Waals surface area contributed by atoms with Gasteiger partial charge in [0.25, 0.3) is 5.91 Å². The molecular formula is C21H18N2O6S2. The number of aromatic carboxylic acids is 1. The van der Waals surface area contributed by atoms with Crippen molar-refractivity contribution in [2.75, 3.05) is 19.0 Å². The van der Waals surface area contributed by atoms with Crippen LogP contribution in [0.15, 0.2) is 47.4 Å². The number of thiocarbonyl (C=S) groups is 1. The van der Waals surface area contributed by atoms with Crippen molar-refractivity contribution in [3.05, 3.63) is 58.5 Å². The third-order valence-corrected chi connectivity index (χ3v) is 5.75. The summed E-state index contributed by atoms with van der Waals surface area (Å²) in [5, 5.41) is 21.2. The van der Waals surface area contributed by atoms with Crippen molar-refractivity contribution in [2.45, 2.75) is 6.42 Å². The van der Waals surface area contributed by atoms with E-state index in [4.69, 9.17) is 22.1 Å². The molecule has 0 saturated carbocycles. The normalized spacial score (nSPS) is 14.7. The zero-order chi connectivity index (χ0) is 22.5. The molecule has 0 atom stereocenters. The fourth-order valence-electron chi connectivity index (χ4n) is 2.85. The van der Waals surface area contributed by atoms with Gasteiger partial charge >= 0.3 is 5.97 Å². The molecule has 0 unspecified atom stereocenters. The molecule has 1 fully saturated rings. The number of aromatic hydroxyl groups is 1. The van der Waals surface area contributed by atoms with Gasteiger partial charge in [-0.15, -0.1) is 0 Å². The highest BCUT2D eigenvalue weighted by atomic mass is 32.2. The molecule has 8 nitrogen and oxygen atoms in total. The molecule has 2 amide bonds. The Labute approximate surface area is 187 Å². The summed E-state index contributed by atoms with van der Waals surface area (Å²) in [5.74, 6) is -1.80. The van der Waals surface area contributed by atoms with Gasteiger partial charge in [0.05, 0.1) is 12.0 Å². The van der Waals surface area contributed by atoms with Gasteiger partial charge in [-0.1, -0.05) is 42.2 Å². The molecule has 3 rings (SSSR count). The number of carbonyl (C=O) groups excluding carboxylic acids is 2. The first-order valence-corrected chi connectivity index (χ1v) is 10.3. The number of benzene rings is 2. The Hall–Kier alpha value is -3.37. The maximum Gasteiger partial charge on any atom is 0.339 e. The number of ether oxygens (including phenoxy) is 1. The minimum absolute atomic E-state index is 0.0319. The second kappa shape index (κ2) is 9.63. The topological polar surface area (TPSA) is 116 Å². The minimum Gasteiger partial charge on any atom is -0.507 e. The maximum absolute atomic E-state index is 12.7. The molecule has 0 spiro atoms. The molecule has 31 heavy (non-hydrogen) atoms. The minimum atomic E-state index is -1.27. The molecule has 3 N–H and O–H groups in total. The van der Waals surface area contributed by atoms with E-state index >= 15 is 0 Å². The van der Waals surface area contributed by atoms with Crippen LogP contribution >= 0.6 is 24.0 Å². The Kier molecular flexibility index (Phi) is 6.93. The number of hydrogen-bond donors (Lipinski definition) is 3. The van der Waals surface area contributed by atoms with E-state index in [2.05, 4.69) is 5.32 Å². The van der Waals surface area contributed by atoms with Crippen molar-refractivity contribution in [2.24, 2.45) is 0 Å². The Balaban J connectivity index is 1.63. The van der Waals surface area contributed by atoms with Crippen LogP contribution in [0.5, 0.6) is 11.5 Å². The van der Waals surface area contributed by atoms with Crippen molar-refractivity contribution < 1.29 is 29.3 Å². The highest BCUT2D eigenvalue weighted by molar-refractivity contribution is 8.26. The van der Waals surface area contributed by atoms with Crippen molar-refractivity contribution in [3.8, 4) is 11.5 Å². The van der Waals surface area contributed by atoms with E-state index in [0.717, 1.165) is 23.4 Å². The van der Waals surface area contributed by atoms with E-state index in [1.54, 1.807) is 19.3 Å². The molecule has 1 saturated heterocycles. The zero-order valence-electron chi connectivity index (χ0n) is 16.3. The highest BCUT2D eigenvalue weighted by Crippen LogP contribution is 2.34. The number of carboxylic acids is 1. The number of nitrogens with one attached hydrogen (secondary N) is 1. The van der Waals surface area contributed by atoms with Crippen LogP contribution in [0.4, 0.5) is 5.69 Å². The molecule has 0 aromatic heterocycles. The lowest BCUT2D eigenvalue weighted by molar-refractivity contribution is -0.122. The Morgan fingerprint density at radius 2 is 2.00 bits per heavy atom. The van der Waals surface area contributed by atoms with Gasteiger partial charge in [0, 0.05) is 30.3 Å². The number of thioether (sulfide) groups is 1. The summed E-state index contributed by atoms with van der Waals surface area (Å²) in [5.41, 5.74) is 0.721. The van der Waals surface area contributed by atoms with Gasteiger partial charge in [-0.3, -0.25) is 14.5 Å².